The SMILES string of the molecule is O=C(C1CCCO1)N1CCC2(CC1)COCCN2CC1CC1. The Hall–Kier alpha value is -0.650. The maximum Gasteiger partial charge on any atom is 0.251 e. The Morgan fingerprint density at radius 3 is 2.59 bits per heavy atom. The summed E-state index contributed by atoms with van der Waals surface area (Å²) in [6.07, 6.45) is 6.67. The smallest absolute Gasteiger partial charge is 0.251 e. The molecule has 1 aliphatic carbocycles. The molecule has 0 N–H and O–H groups in total. The van der Waals surface area contributed by atoms with Gasteiger partial charge in [0, 0.05) is 38.3 Å². The number of rotatable bonds is 3. The predicted molar refractivity (Wildman–Crippen MR) is 82.6 cm³/mol. The van der Waals surface area contributed by atoms with Crippen LogP contribution in [-0.4, -0.2) is 73.3 Å². The van der Waals surface area contributed by atoms with Crippen molar-refractivity contribution in [1.82, 2.24) is 9.80 Å². The molecule has 1 unspecified atom stereocenters. The number of piperidine rings is 1. The Balaban J connectivity index is 1.37. The molecule has 4 aliphatic rings. The molecule has 0 aromatic rings. The summed E-state index contributed by atoms with van der Waals surface area (Å²) in [4.78, 5) is 17.2. The van der Waals surface area contributed by atoms with Gasteiger partial charge in [-0.1, -0.05) is 0 Å². The average molecular weight is 308 g/mol. The molecule has 0 radical (unpaired) electrons. The van der Waals surface area contributed by atoms with Gasteiger partial charge in [-0.15, -0.1) is 0 Å². The van der Waals surface area contributed by atoms with Gasteiger partial charge in [0.15, 0.2) is 0 Å². The molecule has 4 fully saturated rings. The van der Waals surface area contributed by atoms with Crippen LogP contribution in [0, 0.1) is 5.92 Å². The fourth-order valence-corrected chi connectivity index (χ4v) is 4.24. The number of amides is 1. The van der Waals surface area contributed by atoms with E-state index in [2.05, 4.69) is 4.90 Å². The summed E-state index contributed by atoms with van der Waals surface area (Å²) in [5.74, 6) is 1.14. The lowest BCUT2D eigenvalue weighted by atomic mass is 9.85. The molecule has 3 saturated heterocycles. The third-order valence-electron chi connectivity index (χ3n) is 5.93. The van der Waals surface area contributed by atoms with Gasteiger partial charge in [-0.2, -0.15) is 0 Å². The zero-order valence-electron chi connectivity index (χ0n) is 13.5. The Labute approximate surface area is 132 Å². The molecule has 4 rings (SSSR count). The Kier molecular flexibility index (Phi) is 4.13. The average Bonchev–Trinajstić information content (AvgIpc) is 3.20. The van der Waals surface area contributed by atoms with Crippen LogP contribution in [0.25, 0.3) is 0 Å². The van der Waals surface area contributed by atoms with Crippen LogP contribution >= 0.6 is 0 Å². The molecule has 1 spiro atoms. The number of morpholine rings is 1. The van der Waals surface area contributed by atoms with Crippen molar-refractivity contribution in [2.75, 3.05) is 46.0 Å². The van der Waals surface area contributed by atoms with E-state index in [-0.39, 0.29) is 17.6 Å². The fraction of sp³-hybridized carbons (Fsp3) is 0.941. The third kappa shape index (κ3) is 2.91. The van der Waals surface area contributed by atoms with Crippen LogP contribution in [0.4, 0.5) is 0 Å². The number of ether oxygens (including phenoxy) is 2. The van der Waals surface area contributed by atoms with E-state index in [0.29, 0.717) is 0 Å². The van der Waals surface area contributed by atoms with Crippen molar-refractivity contribution >= 4 is 5.91 Å². The van der Waals surface area contributed by atoms with E-state index in [1.807, 2.05) is 4.90 Å². The number of carbonyl (C=O) groups is 1. The van der Waals surface area contributed by atoms with Crippen molar-refractivity contribution in [3.8, 4) is 0 Å². The first-order chi connectivity index (χ1) is 10.8. The minimum absolute atomic E-state index is 0.167. The van der Waals surface area contributed by atoms with Gasteiger partial charge in [0.05, 0.1) is 13.2 Å². The van der Waals surface area contributed by atoms with E-state index in [1.165, 1.54) is 19.4 Å². The van der Waals surface area contributed by atoms with E-state index in [9.17, 15) is 4.79 Å². The van der Waals surface area contributed by atoms with Crippen LogP contribution in [-0.2, 0) is 14.3 Å². The van der Waals surface area contributed by atoms with Crippen molar-refractivity contribution in [3.63, 3.8) is 0 Å². The summed E-state index contributed by atoms with van der Waals surface area (Å²) < 4.78 is 11.4. The molecule has 0 bridgehead atoms. The van der Waals surface area contributed by atoms with E-state index < -0.39 is 0 Å². The quantitative estimate of drug-likeness (QED) is 0.787. The summed E-state index contributed by atoms with van der Waals surface area (Å²) in [5, 5.41) is 0. The van der Waals surface area contributed by atoms with E-state index >= 15 is 0 Å². The van der Waals surface area contributed by atoms with Crippen molar-refractivity contribution in [1.29, 1.82) is 0 Å². The molecular weight excluding hydrogens is 280 g/mol. The summed E-state index contributed by atoms with van der Waals surface area (Å²) in [5.41, 5.74) is 0.189. The second kappa shape index (κ2) is 6.10. The number of nitrogens with zero attached hydrogens (tertiary/aromatic N) is 2. The predicted octanol–water partition coefficient (Wildman–Crippen LogP) is 1.27. The molecule has 3 heterocycles. The van der Waals surface area contributed by atoms with Gasteiger partial charge >= 0.3 is 0 Å². The normalized spacial score (nSPS) is 32.5. The minimum Gasteiger partial charge on any atom is -0.378 e. The highest BCUT2D eigenvalue weighted by atomic mass is 16.5. The van der Waals surface area contributed by atoms with Gasteiger partial charge in [-0.3, -0.25) is 9.69 Å². The van der Waals surface area contributed by atoms with E-state index in [4.69, 9.17) is 9.47 Å². The molecule has 1 amide bonds. The first kappa shape index (κ1) is 14.9. The lowest BCUT2D eigenvalue weighted by Crippen LogP contribution is -2.62. The molecule has 1 saturated carbocycles. The summed E-state index contributed by atoms with van der Waals surface area (Å²) in [6, 6.07) is 0. The largest absolute Gasteiger partial charge is 0.378 e. The van der Waals surface area contributed by atoms with Crippen molar-refractivity contribution in [2.24, 2.45) is 5.92 Å². The van der Waals surface area contributed by atoms with Crippen molar-refractivity contribution < 1.29 is 14.3 Å². The molecular formula is C17H28N2O3. The lowest BCUT2D eigenvalue weighted by Gasteiger charge is -2.51. The zero-order valence-corrected chi connectivity index (χ0v) is 13.5. The molecule has 0 aromatic heterocycles. The highest BCUT2D eigenvalue weighted by Crippen LogP contribution is 2.37. The molecule has 1 atom stereocenters. The second-order valence-electron chi connectivity index (χ2n) is 7.49. The van der Waals surface area contributed by atoms with Crippen LogP contribution in [0.5, 0.6) is 0 Å². The molecule has 0 aromatic carbocycles. The molecule has 22 heavy (non-hydrogen) atoms. The van der Waals surface area contributed by atoms with Gasteiger partial charge < -0.3 is 14.4 Å². The van der Waals surface area contributed by atoms with Crippen LogP contribution in [0.3, 0.4) is 0 Å². The zero-order chi connectivity index (χ0) is 15.0. The number of likely N-dealkylation sites (tertiary alicyclic amines) is 1. The van der Waals surface area contributed by atoms with Gasteiger partial charge in [-0.05, 0) is 44.4 Å². The molecule has 3 aliphatic heterocycles. The maximum absolute atomic E-state index is 12.5. The van der Waals surface area contributed by atoms with Crippen molar-refractivity contribution in [2.45, 2.75) is 50.2 Å². The van der Waals surface area contributed by atoms with Crippen LogP contribution < -0.4 is 0 Å². The Morgan fingerprint density at radius 2 is 1.91 bits per heavy atom. The number of carbonyl (C=O) groups excluding carboxylic acids is 1. The monoisotopic (exact) mass is 308 g/mol. The first-order valence-corrected chi connectivity index (χ1v) is 9.00. The highest BCUT2D eigenvalue weighted by Gasteiger charge is 2.45. The summed E-state index contributed by atoms with van der Waals surface area (Å²) in [6.45, 7) is 6.50. The van der Waals surface area contributed by atoms with E-state index in [1.54, 1.807) is 0 Å². The van der Waals surface area contributed by atoms with Gasteiger partial charge in [0.25, 0.3) is 5.91 Å². The summed E-state index contributed by atoms with van der Waals surface area (Å²) >= 11 is 0. The Morgan fingerprint density at radius 1 is 1.09 bits per heavy atom. The minimum atomic E-state index is -0.167. The van der Waals surface area contributed by atoms with E-state index in [0.717, 1.165) is 71.1 Å². The lowest BCUT2D eigenvalue weighted by molar-refractivity contribution is -0.147. The molecule has 5 heteroatoms. The summed E-state index contributed by atoms with van der Waals surface area (Å²) in [7, 11) is 0. The standard InChI is InChI=1S/C17H28N2O3/c20-16(15-2-1-10-22-15)18-7-5-17(6-8-18)13-21-11-9-19(17)12-14-3-4-14/h14-15H,1-13H2. The molecule has 124 valence electrons. The van der Waals surface area contributed by atoms with Crippen LogP contribution in [0.1, 0.15) is 38.5 Å². The van der Waals surface area contributed by atoms with Gasteiger partial charge in [0.2, 0.25) is 0 Å². The van der Waals surface area contributed by atoms with Crippen molar-refractivity contribution in [3.05, 3.63) is 0 Å². The van der Waals surface area contributed by atoms with Gasteiger partial charge in [0.1, 0.15) is 6.10 Å². The first-order valence-electron chi connectivity index (χ1n) is 9.00. The van der Waals surface area contributed by atoms with Gasteiger partial charge in [-0.25, -0.2) is 0 Å². The number of hydrogen-bond acceptors (Lipinski definition) is 4. The maximum atomic E-state index is 12.5. The van der Waals surface area contributed by atoms with Crippen LogP contribution in [0.2, 0.25) is 0 Å². The third-order valence-corrected chi connectivity index (χ3v) is 5.93. The topological polar surface area (TPSA) is 42.0 Å². The fourth-order valence-electron chi connectivity index (χ4n) is 4.24. The van der Waals surface area contributed by atoms with Crippen LogP contribution in [0.15, 0.2) is 0 Å². The molecule has 5 nitrogen and oxygen atoms in total. The highest BCUT2D eigenvalue weighted by molar-refractivity contribution is 5.81. The number of hydrogen-bond donors (Lipinski definition) is 0. The second-order valence-corrected chi connectivity index (χ2v) is 7.49. The Bertz CT molecular complexity index is 410.